The second kappa shape index (κ2) is 6.39. The number of hydrogen-bond donors (Lipinski definition) is 1. The molecule has 1 aromatic heterocycles. The molecule has 0 saturated heterocycles. The number of nitrogen functional groups attached to an aromatic ring is 1. The van der Waals surface area contributed by atoms with Gasteiger partial charge in [0.25, 0.3) is 0 Å². The monoisotopic (exact) mass is 271 g/mol. The van der Waals surface area contributed by atoms with E-state index in [0.717, 1.165) is 11.3 Å². The molecule has 0 aliphatic heterocycles. The minimum Gasteiger partial charge on any atom is -0.462 e. The van der Waals surface area contributed by atoms with E-state index in [1.807, 2.05) is 13.8 Å². The summed E-state index contributed by atoms with van der Waals surface area (Å²) in [5, 5.41) is 1.78. The number of carbonyl (C=O) groups is 2. The van der Waals surface area contributed by atoms with Gasteiger partial charge in [0, 0.05) is 5.38 Å². The molecule has 6 heteroatoms. The van der Waals surface area contributed by atoms with Gasteiger partial charge in [-0.05, 0) is 12.8 Å². The minimum absolute atomic E-state index is 0.110. The van der Waals surface area contributed by atoms with Crippen LogP contribution >= 0.6 is 11.3 Å². The number of ether oxygens (including phenoxy) is 2. The van der Waals surface area contributed by atoms with Crippen LogP contribution in [-0.2, 0) is 9.47 Å². The van der Waals surface area contributed by atoms with Crippen LogP contribution in [0.5, 0.6) is 0 Å². The summed E-state index contributed by atoms with van der Waals surface area (Å²) in [5.41, 5.74) is 5.98. The first-order valence-corrected chi connectivity index (χ1v) is 6.56. The lowest BCUT2D eigenvalue weighted by Crippen LogP contribution is -2.15. The molecule has 0 amide bonds. The normalized spacial score (nSPS) is 10.4. The van der Waals surface area contributed by atoms with E-state index in [2.05, 4.69) is 0 Å². The van der Waals surface area contributed by atoms with Crippen molar-refractivity contribution in [2.24, 2.45) is 5.92 Å². The van der Waals surface area contributed by atoms with Gasteiger partial charge in [0.05, 0.1) is 18.8 Å². The molecule has 1 aromatic rings. The van der Waals surface area contributed by atoms with Crippen molar-refractivity contribution in [3.63, 3.8) is 0 Å². The van der Waals surface area contributed by atoms with Gasteiger partial charge in [0.1, 0.15) is 10.6 Å². The van der Waals surface area contributed by atoms with Crippen LogP contribution in [0.1, 0.15) is 41.5 Å². The standard InChI is InChI=1S/C12H17NO4S/c1-4-16-11(14)8-6-18-10(13)9(8)12(15)17-5-7(2)3/h6-7H,4-5,13H2,1-3H3. The third-order valence-electron chi connectivity index (χ3n) is 2.07. The number of thiophene rings is 1. The molecule has 0 fully saturated rings. The molecule has 0 aromatic carbocycles. The average Bonchev–Trinajstić information content (AvgIpc) is 2.68. The summed E-state index contributed by atoms with van der Waals surface area (Å²) in [6.45, 7) is 6.09. The highest BCUT2D eigenvalue weighted by Gasteiger charge is 2.24. The van der Waals surface area contributed by atoms with Gasteiger partial charge >= 0.3 is 11.9 Å². The van der Waals surface area contributed by atoms with Crippen LogP contribution in [0.15, 0.2) is 5.38 Å². The Morgan fingerprint density at radius 3 is 2.56 bits per heavy atom. The van der Waals surface area contributed by atoms with Gasteiger partial charge in [-0.3, -0.25) is 0 Å². The summed E-state index contributed by atoms with van der Waals surface area (Å²) in [6.07, 6.45) is 0. The van der Waals surface area contributed by atoms with E-state index in [1.54, 1.807) is 6.92 Å². The van der Waals surface area contributed by atoms with Gasteiger partial charge < -0.3 is 15.2 Å². The van der Waals surface area contributed by atoms with E-state index in [-0.39, 0.29) is 35.3 Å². The Morgan fingerprint density at radius 1 is 1.33 bits per heavy atom. The molecule has 0 saturated carbocycles. The van der Waals surface area contributed by atoms with Crippen LogP contribution in [-0.4, -0.2) is 25.2 Å². The van der Waals surface area contributed by atoms with Crippen LogP contribution in [0.2, 0.25) is 0 Å². The molecule has 100 valence electrons. The molecule has 0 bridgehead atoms. The summed E-state index contributed by atoms with van der Waals surface area (Å²) in [5.74, 6) is -0.910. The lowest BCUT2D eigenvalue weighted by Gasteiger charge is -2.08. The number of hydrogen-bond acceptors (Lipinski definition) is 6. The minimum atomic E-state index is -0.578. The van der Waals surface area contributed by atoms with E-state index >= 15 is 0 Å². The van der Waals surface area contributed by atoms with Gasteiger partial charge in [-0.25, -0.2) is 9.59 Å². The van der Waals surface area contributed by atoms with Crippen LogP contribution in [0.3, 0.4) is 0 Å². The Labute approximate surface area is 110 Å². The summed E-state index contributed by atoms with van der Waals surface area (Å²) >= 11 is 1.12. The molecule has 5 nitrogen and oxygen atoms in total. The zero-order chi connectivity index (χ0) is 13.7. The molecule has 2 N–H and O–H groups in total. The van der Waals surface area contributed by atoms with Crippen molar-refractivity contribution < 1.29 is 19.1 Å². The maximum atomic E-state index is 11.9. The first kappa shape index (κ1) is 14.5. The quantitative estimate of drug-likeness (QED) is 0.831. The second-order valence-electron chi connectivity index (χ2n) is 4.10. The smallest absolute Gasteiger partial charge is 0.342 e. The van der Waals surface area contributed by atoms with Crippen molar-refractivity contribution >= 4 is 28.3 Å². The maximum Gasteiger partial charge on any atom is 0.342 e. The van der Waals surface area contributed by atoms with Gasteiger partial charge in [-0.1, -0.05) is 13.8 Å². The molecule has 0 aliphatic carbocycles. The Hall–Kier alpha value is -1.56. The third-order valence-corrected chi connectivity index (χ3v) is 2.88. The van der Waals surface area contributed by atoms with Crippen molar-refractivity contribution in [1.82, 2.24) is 0 Å². The predicted molar refractivity (Wildman–Crippen MR) is 69.8 cm³/mol. The van der Waals surface area contributed by atoms with Crippen molar-refractivity contribution in [2.75, 3.05) is 18.9 Å². The number of nitrogens with two attached hydrogens (primary N) is 1. The zero-order valence-electron chi connectivity index (χ0n) is 10.7. The average molecular weight is 271 g/mol. The Kier molecular flexibility index (Phi) is 5.15. The molecule has 0 atom stereocenters. The Bertz CT molecular complexity index is 439. The van der Waals surface area contributed by atoms with Gasteiger partial charge in [0.2, 0.25) is 0 Å². The highest BCUT2D eigenvalue weighted by molar-refractivity contribution is 7.14. The van der Waals surface area contributed by atoms with Crippen molar-refractivity contribution in [2.45, 2.75) is 20.8 Å². The lowest BCUT2D eigenvalue weighted by molar-refractivity contribution is 0.0437. The van der Waals surface area contributed by atoms with Crippen molar-refractivity contribution in [3.05, 3.63) is 16.5 Å². The number of anilines is 1. The van der Waals surface area contributed by atoms with Crippen LogP contribution in [0, 0.1) is 5.92 Å². The van der Waals surface area contributed by atoms with E-state index in [4.69, 9.17) is 15.2 Å². The highest BCUT2D eigenvalue weighted by atomic mass is 32.1. The molecule has 0 aliphatic rings. The van der Waals surface area contributed by atoms with Crippen LogP contribution in [0.25, 0.3) is 0 Å². The molecule has 0 radical (unpaired) electrons. The molecular weight excluding hydrogens is 254 g/mol. The highest BCUT2D eigenvalue weighted by Crippen LogP contribution is 2.26. The van der Waals surface area contributed by atoms with Crippen LogP contribution < -0.4 is 5.73 Å². The first-order chi connectivity index (χ1) is 8.47. The van der Waals surface area contributed by atoms with Crippen molar-refractivity contribution in [3.8, 4) is 0 Å². The van der Waals surface area contributed by atoms with E-state index in [0.29, 0.717) is 0 Å². The molecule has 0 spiro atoms. The fourth-order valence-corrected chi connectivity index (χ4v) is 2.03. The fraction of sp³-hybridized carbons (Fsp3) is 0.500. The summed E-state index contributed by atoms with van der Waals surface area (Å²) in [4.78, 5) is 23.5. The number of carbonyl (C=O) groups excluding carboxylic acids is 2. The number of rotatable bonds is 5. The zero-order valence-corrected chi connectivity index (χ0v) is 11.5. The molecular formula is C12H17NO4S. The second-order valence-corrected chi connectivity index (χ2v) is 5.01. The maximum absolute atomic E-state index is 11.9. The molecule has 0 unspecified atom stereocenters. The first-order valence-electron chi connectivity index (χ1n) is 5.68. The molecule has 1 heterocycles. The Morgan fingerprint density at radius 2 is 2.00 bits per heavy atom. The lowest BCUT2D eigenvalue weighted by atomic mass is 10.2. The van der Waals surface area contributed by atoms with Crippen LogP contribution in [0.4, 0.5) is 5.00 Å². The topological polar surface area (TPSA) is 78.6 Å². The van der Waals surface area contributed by atoms with Gasteiger partial charge in [-0.15, -0.1) is 11.3 Å². The van der Waals surface area contributed by atoms with Gasteiger partial charge in [0.15, 0.2) is 0 Å². The number of esters is 2. The third kappa shape index (κ3) is 3.46. The predicted octanol–water partition coefficient (Wildman–Crippen LogP) is 2.32. The summed E-state index contributed by atoms with van der Waals surface area (Å²) in [6, 6.07) is 0. The van der Waals surface area contributed by atoms with E-state index in [1.165, 1.54) is 5.38 Å². The van der Waals surface area contributed by atoms with Gasteiger partial charge in [-0.2, -0.15) is 0 Å². The van der Waals surface area contributed by atoms with E-state index < -0.39 is 11.9 Å². The molecule has 1 rings (SSSR count). The Balaban J connectivity index is 2.90. The SMILES string of the molecule is CCOC(=O)c1csc(N)c1C(=O)OCC(C)C. The summed E-state index contributed by atoms with van der Waals surface area (Å²) in [7, 11) is 0. The van der Waals surface area contributed by atoms with Crippen molar-refractivity contribution in [1.29, 1.82) is 0 Å². The molecule has 18 heavy (non-hydrogen) atoms. The largest absolute Gasteiger partial charge is 0.462 e. The fourth-order valence-electron chi connectivity index (χ4n) is 1.26. The van der Waals surface area contributed by atoms with E-state index in [9.17, 15) is 9.59 Å². The summed E-state index contributed by atoms with van der Waals surface area (Å²) < 4.78 is 9.94.